The van der Waals surface area contributed by atoms with Gasteiger partial charge < -0.3 is 19.1 Å². The first-order valence-electron chi connectivity index (χ1n) is 7.78. The van der Waals surface area contributed by atoms with E-state index in [0.717, 1.165) is 19.3 Å². The van der Waals surface area contributed by atoms with Crippen molar-refractivity contribution in [2.24, 2.45) is 0 Å². The second-order valence-corrected chi connectivity index (χ2v) is 6.39. The molecule has 1 aliphatic rings. The van der Waals surface area contributed by atoms with Crippen LogP contribution < -0.4 is 9.50 Å². The number of amides is 2. The zero-order valence-electron chi connectivity index (χ0n) is 13.4. The molecule has 1 N–H and O–H groups in total. The number of ether oxygens (including phenoxy) is 1. The van der Waals surface area contributed by atoms with Crippen LogP contribution in [0.25, 0.3) is 0 Å². The largest absolute Gasteiger partial charge is 0.488 e. The maximum absolute atomic E-state index is 12.4. The molecule has 134 valence electrons. The maximum Gasteiger partial charge on any atom is 0.488 e. The van der Waals surface area contributed by atoms with Gasteiger partial charge in [0.2, 0.25) is 0 Å². The summed E-state index contributed by atoms with van der Waals surface area (Å²) in [5.41, 5.74) is 0.462. The highest BCUT2D eigenvalue weighted by Gasteiger charge is 2.26. The van der Waals surface area contributed by atoms with Crippen molar-refractivity contribution >= 4 is 22.2 Å². The first kappa shape index (κ1) is 18.5. The summed E-state index contributed by atoms with van der Waals surface area (Å²) in [6, 6.07) is 5.21. The summed E-state index contributed by atoms with van der Waals surface area (Å²) < 4.78 is 42.8. The van der Waals surface area contributed by atoms with Crippen LogP contribution in [0, 0.1) is 0 Å². The van der Waals surface area contributed by atoms with Gasteiger partial charge in [-0.05, 0) is 50.5 Å². The third-order valence-electron chi connectivity index (χ3n) is 3.70. The van der Waals surface area contributed by atoms with E-state index in [1.54, 1.807) is 4.90 Å². The first-order chi connectivity index (χ1) is 11.4. The molecule has 1 atom stereocenters. The monoisotopic (exact) mass is 360 g/mol. The molecule has 24 heavy (non-hydrogen) atoms. The highest BCUT2D eigenvalue weighted by molar-refractivity contribution is 7.81. The van der Waals surface area contributed by atoms with Crippen LogP contribution >= 0.6 is 0 Å². The second kappa shape index (κ2) is 8.29. The standard InChI is InChI=1S/C15H21FN2O5S/c1-2-22-11-13-5-3-4-10-18(13)15(19)17-12-6-8-14(9-7-12)23-24(16,20)21/h6-9,13H,2-5,10-11H2,1H3,(H,17,19). The Morgan fingerprint density at radius 3 is 2.67 bits per heavy atom. The van der Waals surface area contributed by atoms with E-state index in [1.807, 2.05) is 6.92 Å². The van der Waals surface area contributed by atoms with Gasteiger partial charge in [-0.1, -0.05) is 3.89 Å². The quantitative estimate of drug-likeness (QED) is 0.789. The number of carbonyl (C=O) groups excluding carboxylic acids is 1. The molecule has 0 radical (unpaired) electrons. The van der Waals surface area contributed by atoms with E-state index < -0.39 is 10.5 Å². The molecule has 2 rings (SSSR count). The topological polar surface area (TPSA) is 84.9 Å². The van der Waals surface area contributed by atoms with Crippen molar-refractivity contribution in [2.45, 2.75) is 32.2 Å². The lowest BCUT2D eigenvalue weighted by molar-refractivity contribution is 0.0653. The number of hydrogen-bond donors (Lipinski definition) is 1. The molecule has 1 heterocycles. The molecular formula is C15H21FN2O5S. The van der Waals surface area contributed by atoms with Crippen molar-refractivity contribution in [3.05, 3.63) is 24.3 Å². The van der Waals surface area contributed by atoms with Crippen molar-refractivity contribution < 1.29 is 26.0 Å². The smallest absolute Gasteiger partial charge is 0.380 e. The van der Waals surface area contributed by atoms with Gasteiger partial charge in [-0.25, -0.2) is 4.79 Å². The fourth-order valence-corrected chi connectivity index (χ4v) is 2.94. The molecule has 0 saturated carbocycles. The van der Waals surface area contributed by atoms with E-state index in [2.05, 4.69) is 9.50 Å². The van der Waals surface area contributed by atoms with Gasteiger partial charge in [0.05, 0.1) is 12.6 Å². The van der Waals surface area contributed by atoms with E-state index in [-0.39, 0.29) is 17.8 Å². The number of nitrogens with one attached hydrogen (secondary N) is 1. The number of hydrogen-bond acceptors (Lipinski definition) is 5. The van der Waals surface area contributed by atoms with E-state index in [9.17, 15) is 17.1 Å². The SMILES string of the molecule is CCOCC1CCCCN1C(=O)Nc1ccc(OS(=O)(=O)F)cc1. The van der Waals surface area contributed by atoms with E-state index >= 15 is 0 Å². The average molecular weight is 360 g/mol. The zero-order valence-corrected chi connectivity index (χ0v) is 14.2. The number of nitrogens with zero attached hydrogens (tertiary/aromatic N) is 1. The molecular weight excluding hydrogens is 339 g/mol. The Hall–Kier alpha value is -1.87. The van der Waals surface area contributed by atoms with Gasteiger partial charge in [0, 0.05) is 18.8 Å². The fourth-order valence-electron chi connectivity index (χ4n) is 2.60. The first-order valence-corrected chi connectivity index (χ1v) is 9.09. The van der Waals surface area contributed by atoms with Crippen LogP contribution in [0.2, 0.25) is 0 Å². The predicted molar refractivity (Wildman–Crippen MR) is 87.0 cm³/mol. The molecule has 2 amide bonds. The lowest BCUT2D eigenvalue weighted by atomic mass is 10.0. The van der Waals surface area contributed by atoms with Crippen LogP contribution in [0.1, 0.15) is 26.2 Å². The zero-order chi connectivity index (χ0) is 17.6. The van der Waals surface area contributed by atoms with Crippen molar-refractivity contribution in [2.75, 3.05) is 25.1 Å². The van der Waals surface area contributed by atoms with Crippen LogP contribution in [0.3, 0.4) is 0 Å². The number of anilines is 1. The normalized spacial score (nSPS) is 18.2. The minimum absolute atomic E-state index is 0.0398. The van der Waals surface area contributed by atoms with Crippen molar-refractivity contribution in [1.29, 1.82) is 0 Å². The van der Waals surface area contributed by atoms with Crippen LogP contribution in [-0.4, -0.2) is 45.1 Å². The minimum Gasteiger partial charge on any atom is -0.380 e. The van der Waals surface area contributed by atoms with Gasteiger partial charge in [-0.3, -0.25) is 0 Å². The molecule has 0 aromatic heterocycles. The van der Waals surface area contributed by atoms with Gasteiger partial charge in [0.1, 0.15) is 5.75 Å². The summed E-state index contributed by atoms with van der Waals surface area (Å²) in [7, 11) is -5.06. The summed E-state index contributed by atoms with van der Waals surface area (Å²) in [5, 5.41) is 2.74. The van der Waals surface area contributed by atoms with Crippen molar-refractivity contribution in [3.8, 4) is 5.75 Å². The molecule has 1 aromatic carbocycles. The number of benzene rings is 1. The number of halogens is 1. The molecule has 0 aliphatic carbocycles. The third-order valence-corrected chi connectivity index (χ3v) is 4.10. The summed E-state index contributed by atoms with van der Waals surface area (Å²) >= 11 is 0. The highest BCUT2D eigenvalue weighted by Crippen LogP contribution is 2.21. The lowest BCUT2D eigenvalue weighted by Crippen LogP contribution is -2.48. The van der Waals surface area contributed by atoms with E-state index in [0.29, 0.717) is 25.4 Å². The number of piperidine rings is 1. The Balaban J connectivity index is 1.97. The number of rotatable bonds is 6. The molecule has 7 nitrogen and oxygen atoms in total. The fraction of sp³-hybridized carbons (Fsp3) is 0.533. The lowest BCUT2D eigenvalue weighted by Gasteiger charge is -2.35. The summed E-state index contributed by atoms with van der Waals surface area (Å²) in [6.07, 6.45) is 2.90. The predicted octanol–water partition coefficient (Wildman–Crippen LogP) is 2.70. The second-order valence-electron chi connectivity index (χ2n) is 5.43. The van der Waals surface area contributed by atoms with Crippen LogP contribution in [0.4, 0.5) is 14.4 Å². The highest BCUT2D eigenvalue weighted by atomic mass is 32.3. The number of carbonyl (C=O) groups is 1. The van der Waals surface area contributed by atoms with Crippen LogP contribution in [0.5, 0.6) is 5.75 Å². The Kier molecular flexibility index (Phi) is 6.38. The Bertz CT molecular complexity index is 650. The Labute approximate surface area is 141 Å². The molecule has 1 unspecified atom stereocenters. The Morgan fingerprint density at radius 1 is 1.33 bits per heavy atom. The summed E-state index contributed by atoms with van der Waals surface area (Å²) in [6.45, 7) is 3.68. The molecule has 9 heteroatoms. The van der Waals surface area contributed by atoms with Crippen LogP contribution in [-0.2, 0) is 15.2 Å². The van der Waals surface area contributed by atoms with Crippen molar-refractivity contribution in [3.63, 3.8) is 0 Å². The van der Waals surface area contributed by atoms with E-state index in [4.69, 9.17) is 4.74 Å². The number of likely N-dealkylation sites (tertiary alicyclic amines) is 1. The van der Waals surface area contributed by atoms with Crippen LogP contribution in [0.15, 0.2) is 24.3 Å². The maximum atomic E-state index is 12.4. The van der Waals surface area contributed by atoms with E-state index in [1.165, 1.54) is 24.3 Å². The van der Waals surface area contributed by atoms with Gasteiger partial charge in [-0.2, -0.15) is 8.42 Å². The summed E-state index contributed by atoms with van der Waals surface area (Å²) in [4.78, 5) is 14.2. The Morgan fingerprint density at radius 2 is 2.04 bits per heavy atom. The average Bonchev–Trinajstić information content (AvgIpc) is 2.53. The number of urea groups is 1. The third kappa shape index (κ3) is 5.64. The molecule has 0 bridgehead atoms. The molecule has 1 aliphatic heterocycles. The van der Waals surface area contributed by atoms with Gasteiger partial charge in [-0.15, -0.1) is 0 Å². The van der Waals surface area contributed by atoms with Gasteiger partial charge >= 0.3 is 16.5 Å². The van der Waals surface area contributed by atoms with Gasteiger partial charge in [0.15, 0.2) is 0 Å². The molecule has 1 fully saturated rings. The molecule has 1 saturated heterocycles. The molecule has 0 spiro atoms. The minimum atomic E-state index is -5.06. The molecule has 1 aromatic rings. The van der Waals surface area contributed by atoms with Gasteiger partial charge in [0.25, 0.3) is 0 Å². The summed E-state index contributed by atoms with van der Waals surface area (Å²) in [5.74, 6) is -0.164. The van der Waals surface area contributed by atoms with Crippen molar-refractivity contribution in [1.82, 2.24) is 4.90 Å².